The molecule has 146 valence electrons. The predicted molar refractivity (Wildman–Crippen MR) is 98.4 cm³/mol. The first kappa shape index (κ1) is 20.5. The zero-order chi connectivity index (χ0) is 20.3. The fourth-order valence-electron chi connectivity index (χ4n) is 2.70. The van der Waals surface area contributed by atoms with E-state index in [1.54, 1.807) is 26.0 Å². The summed E-state index contributed by atoms with van der Waals surface area (Å²) in [6.45, 7) is 8.60. The number of benzene rings is 1. The lowest BCUT2D eigenvalue weighted by atomic mass is 9.99. The molecule has 7 nitrogen and oxygen atoms in total. The van der Waals surface area contributed by atoms with E-state index >= 15 is 0 Å². The second kappa shape index (κ2) is 8.24. The smallest absolute Gasteiger partial charge is 0.339 e. The van der Waals surface area contributed by atoms with Crippen molar-refractivity contribution in [2.24, 2.45) is 5.92 Å². The summed E-state index contributed by atoms with van der Waals surface area (Å²) in [5.41, 5.74) is 1.31. The average Bonchev–Trinajstić information content (AvgIpc) is 2.62. The highest BCUT2D eigenvalue weighted by Gasteiger charge is 2.23. The number of aliphatic carboxylic acids is 1. The van der Waals surface area contributed by atoms with E-state index < -0.39 is 29.6 Å². The predicted octanol–water partition coefficient (Wildman–Crippen LogP) is 1.46. The standard InChI is InChI=1S/C20H25NO6/c1-6-10(2)17(19(23)24)21-18(22)13(5)26-14-7-8-15-11(3)12(4)20(25)27-16(15)9-14/h7-10,13,17H,6H2,1-5H3,(H,21,22)(H,23,24)/p-1/t10-,13-,17+/m1/s1. The van der Waals surface area contributed by atoms with Gasteiger partial charge in [-0.3, -0.25) is 4.79 Å². The summed E-state index contributed by atoms with van der Waals surface area (Å²) in [6, 6.07) is 3.87. The van der Waals surface area contributed by atoms with Crippen molar-refractivity contribution in [1.29, 1.82) is 0 Å². The van der Waals surface area contributed by atoms with Crippen LogP contribution >= 0.6 is 0 Å². The van der Waals surface area contributed by atoms with Gasteiger partial charge in [0.2, 0.25) is 0 Å². The van der Waals surface area contributed by atoms with Gasteiger partial charge >= 0.3 is 5.63 Å². The number of carbonyl (C=O) groups is 2. The Hall–Kier alpha value is -2.83. The molecule has 1 amide bonds. The van der Waals surface area contributed by atoms with Crippen LogP contribution in [0.2, 0.25) is 0 Å². The van der Waals surface area contributed by atoms with Crippen molar-refractivity contribution in [3.63, 3.8) is 0 Å². The summed E-state index contributed by atoms with van der Waals surface area (Å²) in [5, 5.41) is 14.5. The summed E-state index contributed by atoms with van der Waals surface area (Å²) < 4.78 is 10.9. The number of fused-ring (bicyclic) bond motifs is 1. The molecule has 1 N–H and O–H groups in total. The van der Waals surface area contributed by atoms with Gasteiger partial charge in [-0.15, -0.1) is 0 Å². The number of hydrogen-bond donors (Lipinski definition) is 1. The van der Waals surface area contributed by atoms with E-state index in [0.717, 1.165) is 10.9 Å². The number of amides is 1. The highest BCUT2D eigenvalue weighted by molar-refractivity contribution is 5.86. The molecule has 0 fully saturated rings. The number of aryl methyl sites for hydroxylation is 1. The Morgan fingerprint density at radius 1 is 1.22 bits per heavy atom. The Morgan fingerprint density at radius 2 is 1.89 bits per heavy atom. The van der Waals surface area contributed by atoms with Crippen molar-refractivity contribution in [1.82, 2.24) is 5.32 Å². The minimum absolute atomic E-state index is 0.271. The zero-order valence-electron chi connectivity index (χ0n) is 16.1. The minimum Gasteiger partial charge on any atom is -0.548 e. The Kier molecular flexibility index (Phi) is 6.25. The van der Waals surface area contributed by atoms with Crippen LogP contribution in [0, 0.1) is 19.8 Å². The molecule has 0 radical (unpaired) electrons. The molecule has 3 atom stereocenters. The minimum atomic E-state index is -1.33. The van der Waals surface area contributed by atoms with Crippen LogP contribution in [0.3, 0.4) is 0 Å². The van der Waals surface area contributed by atoms with Gasteiger partial charge in [0.1, 0.15) is 11.3 Å². The molecule has 0 aliphatic rings. The fourth-order valence-corrected chi connectivity index (χ4v) is 2.70. The third-order valence-corrected chi connectivity index (χ3v) is 4.88. The second-order valence-electron chi connectivity index (χ2n) is 6.75. The lowest BCUT2D eigenvalue weighted by Crippen LogP contribution is -2.54. The highest BCUT2D eigenvalue weighted by atomic mass is 16.5. The van der Waals surface area contributed by atoms with Crippen LogP contribution < -0.4 is 20.8 Å². The number of ether oxygens (including phenoxy) is 1. The third kappa shape index (κ3) is 4.48. The summed E-state index contributed by atoms with van der Waals surface area (Å²) >= 11 is 0. The third-order valence-electron chi connectivity index (χ3n) is 4.88. The number of carbonyl (C=O) groups excluding carboxylic acids is 2. The molecule has 0 aliphatic carbocycles. The summed E-state index contributed by atoms with van der Waals surface area (Å²) in [4.78, 5) is 35.4. The molecule has 0 aliphatic heterocycles. The maximum Gasteiger partial charge on any atom is 0.339 e. The number of nitrogens with one attached hydrogen (secondary N) is 1. The van der Waals surface area contributed by atoms with E-state index in [0.29, 0.717) is 23.3 Å². The molecule has 2 rings (SSSR count). The Bertz CT molecular complexity index is 917. The average molecular weight is 374 g/mol. The molecule has 0 unspecified atom stereocenters. The largest absolute Gasteiger partial charge is 0.548 e. The van der Waals surface area contributed by atoms with Crippen molar-refractivity contribution in [3.05, 3.63) is 39.7 Å². The van der Waals surface area contributed by atoms with E-state index in [2.05, 4.69) is 5.32 Å². The maximum atomic E-state index is 12.3. The zero-order valence-corrected chi connectivity index (χ0v) is 16.1. The van der Waals surface area contributed by atoms with E-state index in [1.165, 1.54) is 13.0 Å². The second-order valence-corrected chi connectivity index (χ2v) is 6.75. The number of rotatable bonds is 7. The van der Waals surface area contributed by atoms with Gasteiger partial charge in [0.25, 0.3) is 5.91 Å². The monoisotopic (exact) mass is 374 g/mol. The molecule has 7 heteroatoms. The molecule has 0 saturated carbocycles. The van der Waals surface area contributed by atoms with Gasteiger partial charge in [-0.05, 0) is 44.4 Å². The van der Waals surface area contributed by atoms with E-state index in [4.69, 9.17) is 9.15 Å². The van der Waals surface area contributed by atoms with Crippen LogP contribution in [0.4, 0.5) is 0 Å². The van der Waals surface area contributed by atoms with Crippen LogP contribution in [0.5, 0.6) is 5.75 Å². The van der Waals surface area contributed by atoms with Crippen molar-refractivity contribution in [2.45, 2.75) is 53.2 Å². The first-order valence-corrected chi connectivity index (χ1v) is 8.87. The Morgan fingerprint density at radius 3 is 2.48 bits per heavy atom. The van der Waals surface area contributed by atoms with Crippen LogP contribution in [-0.2, 0) is 9.59 Å². The van der Waals surface area contributed by atoms with Crippen LogP contribution in [0.1, 0.15) is 38.3 Å². The maximum absolute atomic E-state index is 12.3. The molecule has 2 aromatic rings. The van der Waals surface area contributed by atoms with Gasteiger partial charge in [-0.25, -0.2) is 4.79 Å². The molecule has 1 aromatic heterocycles. The fraction of sp³-hybridized carbons (Fsp3) is 0.450. The van der Waals surface area contributed by atoms with Gasteiger partial charge in [0, 0.05) is 17.0 Å². The van der Waals surface area contributed by atoms with Gasteiger partial charge in [0.15, 0.2) is 6.10 Å². The van der Waals surface area contributed by atoms with Crippen LogP contribution in [0.15, 0.2) is 27.4 Å². The van der Waals surface area contributed by atoms with Crippen LogP contribution in [0.25, 0.3) is 11.0 Å². The number of hydrogen-bond acceptors (Lipinski definition) is 6. The Labute approximate surface area is 157 Å². The van der Waals surface area contributed by atoms with Gasteiger partial charge in [-0.2, -0.15) is 0 Å². The van der Waals surface area contributed by atoms with E-state index in [1.807, 2.05) is 13.8 Å². The van der Waals surface area contributed by atoms with Crippen molar-refractivity contribution >= 4 is 22.8 Å². The SMILES string of the molecule is CC[C@@H](C)[C@H](NC(=O)[C@@H](C)Oc1ccc2c(C)c(C)c(=O)oc2c1)C(=O)[O-]. The number of carboxylic acid groups (broad SMARTS) is 1. The summed E-state index contributed by atoms with van der Waals surface area (Å²) in [7, 11) is 0. The Balaban J connectivity index is 2.18. The molecular formula is C20H24NO6-. The topological polar surface area (TPSA) is 109 Å². The molecule has 1 aromatic carbocycles. The van der Waals surface area contributed by atoms with Crippen LogP contribution in [-0.4, -0.2) is 24.0 Å². The summed E-state index contributed by atoms with van der Waals surface area (Å²) in [6.07, 6.45) is -0.358. The normalized spacial score (nSPS) is 14.4. The van der Waals surface area contributed by atoms with E-state index in [-0.39, 0.29) is 5.92 Å². The molecule has 0 saturated heterocycles. The quantitative estimate of drug-likeness (QED) is 0.735. The van der Waals surface area contributed by atoms with Gasteiger partial charge in [-0.1, -0.05) is 20.3 Å². The molecule has 27 heavy (non-hydrogen) atoms. The number of carboxylic acids is 1. The lowest BCUT2D eigenvalue weighted by molar-refractivity contribution is -0.309. The lowest BCUT2D eigenvalue weighted by Gasteiger charge is -2.26. The van der Waals surface area contributed by atoms with Crippen molar-refractivity contribution in [3.8, 4) is 5.75 Å². The molecule has 1 heterocycles. The first-order chi connectivity index (χ1) is 12.6. The molecule has 0 spiro atoms. The molecular weight excluding hydrogens is 350 g/mol. The molecule has 0 bridgehead atoms. The highest BCUT2D eigenvalue weighted by Crippen LogP contribution is 2.24. The van der Waals surface area contributed by atoms with Crippen molar-refractivity contribution < 1.29 is 23.8 Å². The van der Waals surface area contributed by atoms with Gasteiger partial charge < -0.3 is 24.4 Å². The van der Waals surface area contributed by atoms with Crippen molar-refractivity contribution in [2.75, 3.05) is 0 Å². The van der Waals surface area contributed by atoms with Gasteiger partial charge in [0.05, 0.1) is 12.0 Å². The summed E-state index contributed by atoms with van der Waals surface area (Å²) in [5.74, 6) is -1.83. The van der Waals surface area contributed by atoms with E-state index in [9.17, 15) is 19.5 Å². The first-order valence-electron chi connectivity index (χ1n) is 8.87.